The molecular weight excluding hydrogens is 326 g/mol. The van der Waals surface area contributed by atoms with Crippen molar-refractivity contribution in [2.24, 2.45) is 0 Å². The normalized spacial score (nSPS) is 10.9. The van der Waals surface area contributed by atoms with Crippen LogP contribution in [0.1, 0.15) is 18.1 Å². The first-order valence-electron chi connectivity index (χ1n) is 7.49. The molecule has 3 aromatic rings. The van der Waals surface area contributed by atoms with Crippen molar-refractivity contribution >= 4 is 28.4 Å². The van der Waals surface area contributed by atoms with E-state index in [1.54, 1.807) is 12.1 Å². The molecule has 0 saturated carbocycles. The summed E-state index contributed by atoms with van der Waals surface area (Å²) in [4.78, 5) is 23.0. The van der Waals surface area contributed by atoms with Gasteiger partial charge in [0.15, 0.2) is 0 Å². The molecule has 0 radical (unpaired) electrons. The molecule has 0 N–H and O–H groups in total. The Bertz CT molecular complexity index is 947. The van der Waals surface area contributed by atoms with Crippen LogP contribution in [0.15, 0.2) is 62.6 Å². The van der Waals surface area contributed by atoms with Crippen LogP contribution in [0.25, 0.3) is 11.0 Å². The van der Waals surface area contributed by atoms with E-state index in [-0.39, 0.29) is 11.3 Å². The van der Waals surface area contributed by atoms with Crippen molar-refractivity contribution in [3.05, 3.63) is 80.2 Å². The fraction of sp³-hybridized carbons (Fsp3) is 0.167. The lowest BCUT2D eigenvalue weighted by molar-refractivity contribution is -0.384. The van der Waals surface area contributed by atoms with Gasteiger partial charge in [0, 0.05) is 34.2 Å². The first kappa shape index (κ1) is 16.3. The van der Waals surface area contributed by atoms with Gasteiger partial charge in [0.2, 0.25) is 0 Å². The fourth-order valence-electron chi connectivity index (χ4n) is 2.44. The van der Waals surface area contributed by atoms with Crippen molar-refractivity contribution in [1.82, 2.24) is 0 Å². The Hall–Kier alpha value is -2.60. The number of nitro benzene ring substituents is 1. The van der Waals surface area contributed by atoms with Gasteiger partial charge in [0.25, 0.3) is 5.69 Å². The second-order valence-corrected chi connectivity index (χ2v) is 6.36. The second kappa shape index (κ2) is 6.88. The number of aryl methyl sites for hydroxylation is 1. The summed E-state index contributed by atoms with van der Waals surface area (Å²) in [6.07, 6.45) is 0.876. The molecule has 24 heavy (non-hydrogen) atoms. The topological polar surface area (TPSA) is 73.3 Å². The molecule has 1 heterocycles. The lowest BCUT2D eigenvalue weighted by atomic mass is 10.1. The average Bonchev–Trinajstić information content (AvgIpc) is 2.59. The first-order chi connectivity index (χ1) is 11.6. The highest BCUT2D eigenvalue weighted by Crippen LogP contribution is 2.28. The first-order valence-corrected chi connectivity index (χ1v) is 8.48. The molecule has 0 saturated heterocycles. The Balaban J connectivity index is 1.86. The van der Waals surface area contributed by atoms with Crippen LogP contribution >= 0.6 is 11.8 Å². The number of thioether (sulfide) groups is 1. The van der Waals surface area contributed by atoms with Gasteiger partial charge in [-0.15, -0.1) is 11.8 Å². The molecule has 1 aromatic heterocycles. The molecule has 0 aliphatic carbocycles. The number of benzene rings is 2. The Morgan fingerprint density at radius 1 is 1.12 bits per heavy atom. The third kappa shape index (κ3) is 3.49. The SMILES string of the molecule is CCc1ccc2c(CSc3ccc([N+](=O)[O-])cc3)cc(=O)oc2c1. The molecule has 0 bridgehead atoms. The zero-order valence-electron chi connectivity index (χ0n) is 13.0. The Morgan fingerprint density at radius 2 is 1.88 bits per heavy atom. The molecule has 6 heteroatoms. The highest BCUT2D eigenvalue weighted by molar-refractivity contribution is 7.98. The fourth-order valence-corrected chi connectivity index (χ4v) is 3.33. The highest BCUT2D eigenvalue weighted by atomic mass is 32.2. The van der Waals surface area contributed by atoms with E-state index in [2.05, 4.69) is 0 Å². The maximum atomic E-state index is 11.8. The molecule has 2 aromatic carbocycles. The molecule has 5 nitrogen and oxygen atoms in total. The third-order valence-electron chi connectivity index (χ3n) is 3.74. The van der Waals surface area contributed by atoms with Crippen LogP contribution in [0.3, 0.4) is 0 Å². The Morgan fingerprint density at radius 3 is 2.54 bits per heavy atom. The van der Waals surface area contributed by atoms with Crippen molar-refractivity contribution in [2.45, 2.75) is 24.0 Å². The van der Waals surface area contributed by atoms with E-state index in [1.807, 2.05) is 25.1 Å². The van der Waals surface area contributed by atoms with Gasteiger partial charge in [-0.05, 0) is 35.7 Å². The van der Waals surface area contributed by atoms with E-state index in [0.717, 1.165) is 27.8 Å². The van der Waals surface area contributed by atoms with Crippen LogP contribution in [-0.4, -0.2) is 4.92 Å². The van der Waals surface area contributed by atoms with E-state index in [0.29, 0.717) is 11.3 Å². The largest absolute Gasteiger partial charge is 0.423 e. The van der Waals surface area contributed by atoms with Crippen LogP contribution in [0.5, 0.6) is 0 Å². The van der Waals surface area contributed by atoms with Crippen molar-refractivity contribution in [3.63, 3.8) is 0 Å². The highest BCUT2D eigenvalue weighted by Gasteiger charge is 2.08. The van der Waals surface area contributed by atoms with Crippen LogP contribution < -0.4 is 5.63 Å². The average molecular weight is 341 g/mol. The number of hydrogen-bond acceptors (Lipinski definition) is 5. The Labute approximate surface area is 142 Å². The molecule has 0 aliphatic heterocycles. The van der Waals surface area contributed by atoms with Crippen LogP contribution in [0.4, 0.5) is 5.69 Å². The van der Waals surface area contributed by atoms with Gasteiger partial charge in [-0.25, -0.2) is 4.79 Å². The van der Waals surface area contributed by atoms with E-state index in [9.17, 15) is 14.9 Å². The predicted octanol–water partition coefficient (Wildman–Crippen LogP) is 4.56. The number of hydrogen-bond donors (Lipinski definition) is 0. The summed E-state index contributed by atoms with van der Waals surface area (Å²) >= 11 is 1.52. The summed E-state index contributed by atoms with van der Waals surface area (Å²) in [5.41, 5.74) is 2.31. The zero-order valence-corrected chi connectivity index (χ0v) is 13.8. The second-order valence-electron chi connectivity index (χ2n) is 5.31. The van der Waals surface area contributed by atoms with Gasteiger partial charge in [-0.2, -0.15) is 0 Å². The molecule has 0 spiro atoms. The maximum absolute atomic E-state index is 11.8. The van der Waals surface area contributed by atoms with Crippen molar-refractivity contribution < 1.29 is 9.34 Å². The van der Waals surface area contributed by atoms with Crippen LogP contribution in [0.2, 0.25) is 0 Å². The zero-order chi connectivity index (χ0) is 17.1. The number of rotatable bonds is 5. The number of non-ortho nitro benzene ring substituents is 1. The molecule has 3 rings (SSSR count). The summed E-state index contributed by atoms with van der Waals surface area (Å²) in [5.74, 6) is 0.589. The van der Waals surface area contributed by atoms with E-state index >= 15 is 0 Å². The molecule has 0 amide bonds. The van der Waals surface area contributed by atoms with Crippen molar-refractivity contribution in [1.29, 1.82) is 0 Å². The van der Waals surface area contributed by atoms with Gasteiger partial charge in [-0.1, -0.05) is 19.1 Å². The van der Waals surface area contributed by atoms with E-state index in [1.165, 1.54) is 30.0 Å². The summed E-state index contributed by atoms with van der Waals surface area (Å²) in [6, 6.07) is 13.8. The van der Waals surface area contributed by atoms with Gasteiger partial charge >= 0.3 is 5.63 Å². The summed E-state index contributed by atoms with van der Waals surface area (Å²) in [7, 11) is 0. The minimum absolute atomic E-state index is 0.0669. The quantitative estimate of drug-likeness (QED) is 0.294. The van der Waals surface area contributed by atoms with Crippen LogP contribution in [0, 0.1) is 10.1 Å². The van der Waals surface area contributed by atoms with E-state index in [4.69, 9.17) is 4.42 Å². The summed E-state index contributed by atoms with van der Waals surface area (Å²) in [6.45, 7) is 2.05. The van der Waals surface area contributed by atoms with Gasteiger partial charge in [0.1, 0.15) is 5.58 Å². The lowest BCUT2D eigenvalue weighted by Gasteiger charge is -2.07. The minimum Gasteiger partial charge on any atom is -0.423 e. The smallest absolute Gasteiger partial charge is 0.336 e. The van der Waals surface area contributed by atoms with Crippen molar-refractivity contribution in [2.75, 3.05) is 0 Å². The number of nitrogens with zero attached hydrogens (tertiary/aromatic N) is 1. The molecule has 0 aliphatic rings. The maximum Gasteiger partial charge on any atom is 0.336 e. The number of nitro groups is 1. The lowest BCUT2D eigenvalue weighted by Crippen LogP contribution is -2.00. The third-order valence-corrected chi connectivity index (χ3v) is 4.81. The van der Waals surface area contributed by atoms with Crippen molar-refractivity contribution in [3.8, 4) is 0 Å². The number of fused-ring (bicyclic) bond motifs is 1. The van der Waals surface area contributed by atoms with Crippen LogP contribution in [-0.2, 0) is 12.2 Å². The molecule has 0 unspecified atom stereocenters. The monoisotopic (exact) mass is 341 g/mol. The standard InChI is InChI=1S/C18H15NO4S/c1-2-12-3-8-16-13(10-18(20)23-17(16)9-12)11-24-15-6-4-14(5-7-15)19(21)22/h3-10H,2,11H2,1H3. The minimum atomic E-state index is -0.421. The van der Waals surface area contributed by atoms with E-state index < -0.39 is 4.92 Å². The molecular formula is C18H15NO4S. The van der Waals surface area contributed by atoms with Gasteiger partial charge < -0.3 is 4.42 Å². The van der Waals surface area contributed by atoms with Gasteiger partial charge in [-0.3, -0.25) is 10.1 Å². The summed E-state index contributed by atoms with van der Waals surface area (Å²) in [5, 5.41) is 11.6. The Kier molecular flexibility index (Phi) is 4.66. The molecule has 122 valence electrons. The predicted molar refractivity (Wildman–Crippen MR) is 94.5 cm³/mol. The molecule has 0 fully saturated rings. The summed E-state index contributed by atoms with van der Waals surface area (Å²) < 4.78 is 5.30. The molecule has 0 atom stereocenters. The van der Waals surface area contributed by atoms with Gasteiger partial charge in [0.05, 0.1) is 4.92 Å².